The highest BCUT2D eigenvalue weighted by Gasteiger charge is 2.33. The maximum absolute atomic E-state index is 13.2. The molecule has 0 saturated heterocycles. The number of benzene rings is 2. The summed E-state index contributed by atoms with van der Waals surface area (Å²) in [6, 6.07) is 18.6. The first-order valence-corrected chi connectivity index (χ1v) is 9.73. The number of phenolic OH excluding ortho intramolecular Hbond substituents is 1. The van der Waals surface area contributed by atoms with Crippen LogP contribution in [0.15, 0.2) is 78.2 Å². The van der Waals surface area contributed by atoms with E-state index in [9.17, 15) is 9.90 Å². The third kappa shape index (κ3) is 3.90. The molecule has 1 amide bonds. The SMILES string of the molecule is CC(C)c1ccc(C2CC(c3ccc(O)cc3)=NN2C(=O)c2cccnc2)cc1. The molecule has 1 N–H and O–H groups in total. The molecule has 0 spiro atoms. The predicted octanol–water partition coefficient (Wildman–Crippen LogP) is 4.90. The molecule has 3 aromatic rings. The van der Waals surface area contributed by atoms with Crippen molar-refractivity contribution in [3.8, 4) is 5.75 Å². The zero-order valence-electron chi connectivity index (χ0n) is 16.5. The lowest BCUT2D eigenvalue weighted by atomic mass is 9.95. The fraction of sp³-hybridized carbons (Fsp3) is 0.208. The molecule has 1 aliphatic rings. The normalized spacial score (nSPS) is 16.2. The van der Waals surface area contributed by atoms with E-state index in [1.807, 2.05) is 12.1 Å². The van der Waals surface area contributed by atoms with Gasteiger partial charge in [0.1, 0.15) is 5.75 Å². The lowest BCUT2D eigenvalue weighted by Gasteiger charge is -2.22. The van der Waals surface area contributed by atoms with Gasteiger partial charge in [-0.3, -0.25) is 9.78 Å². The van der Waals surface area contributed by atoms with Crippen molar-refractivity contribution in [2.45, 2.75) is 32.2 Å². The standard InChI is InChI=1S/C24H23N3O2/c1-16(2)17-5-7-19(8-6-17)23-14-22(18-9-11-21(28)12-10-18)26-27(23)24(29)20-4-3-13-25-15-20/h3-13,15-16,23,28H,14H2,1-2H3. The first-order chi connectivity index (χ1) is 14.0. The summed E-state index contributed by atoms with van der Waals surface area (Å²) in [5, 5.41) is 15.8. The fourth-order valence-electron chi connectivity index (χ4n) is 3.51. The molecule has 0 fully saturated rings. The molecule has 1 atom stereocenters. The third-order valence-corrected chi connectivity index (χ3v) is 5.22. The van der Waals surface area contributed by atoms with Gasteiger partial charge in [-0.2, -0.15) is 5.10 Å². The highest BCUT2D eigenvalue weighted by Crippen LogP contribution is 2.34. The Morgan fingerprint density at radius 2 is 1.79 bits per heavy atom. The van der Waals surface area contributed by atoms with Gasteiger partial charge in [-0.05, 0) is 59.0 Å². The number of carbonyl (C=O) groups is 1. The average molecular weight is 385 g/mol. The van der Waals surface area contributed by atoms with Gasteiger partial charge in [0.05, 0.1) is 17.3 Å². The number of hydrazone groups is 1. The summed E-state index contributed by atoms with van der Waals surface area (Å²) in [6.07, 6.45) is 3.82. The Morgan fingerprint density at radius 3 is 2.41 bits per heavy atom. The fourth-order valence-corrected chi connectivity index (χ4v) is 3.51. The van der Waals surface area contributed by atoms with Crippen molar-refractivity contribution in [2.75, 3.05) is 0 Å². The van der Waals surface area contributed by atoms with E-state index in [-0.39, 0.29) is 17.7 Å². The largest absolute Gasteiger partial charge is 0.508 e. The lowest BCUT2D eigenvalue weighted by molar-refractivity contribution is 0.0710. The Balaban J connectivity index is 1.70. The molecule has 2 heterocycles. The maximum atomic E-state index is 13.2. The van der Waals surface area contributed by atoms with Crippen LogP contribution in [0.3, 0.4) is 0 Å². The van der Waals surface area contributed by atoms with Gasteiger partial charge in [0.15, 0.2) is 0 Å². The van der Waals surface area contributed by atoms with Gasteiger partial charge in [0.2, 0.25) is 0 Å². The van der Waals surface area contributed by atoms with E-state index in [0.717, 1.165) is 16.8 Å². The summed E-state index contributed by atoms with van der Waals surface area (Å²) in [6.45, 7) is 4.32. The molecule has 4 rings (SSSR count). The molecule has 1 aliphatic heterocycles. The highest BCUT2D eigenvalue weighted by molar-refractivity contribution is 6.05. The van der Waals surface area contributed by atoms with Crippen LogP contribution in [0.4, 0.5) is 0 Å². The topological polar surface area (TPSA) is 65.8 Å². The minimum absolute atomic E-state index is 0.176. The van der Waals surface area contributed by atoms with Gasteiger partial charge in [0.25, 0.3) is 5.91 Å². The number of hydrogen-bond acceptors (Lipinski definition) is 4. The van der Waals surface area contributed by atoms with Gasteiger partial charge in [-0.1, -0.05) is 38.1 Å². The molecule has 1 unspecified atom stereocenters. The van der Waals surface area contributed by atoms with Crippen LogP contribution in [0, 0.1) is 0 Å². The second-order valence-electron chi connectivity index (χ2n) is 7.53. The van der Waals surface area contributed by atoms with E-state index in [0.29, 0.717) is 17.9 Å². The summed E-state index contributed by atoms with van der Waals surface area (Å²) in [7, 11) is 0. The summed E-state index contributed by atoms with van der Waals surface area (Å²) in [4.78, 5) is 17.2. The van der Waals surface area contributed by atoms with E-state index < -0.39 is 0 Å². The first kappa shape index (κ1) is 18.9. The van der Waals surface area contributed by atoms with Crippen LogP contribution in [0.2, 0.25) is 0 Å². The van der Waals surface area contributed by atoms with Crippen LogP contribution in [-0.4, -0.2) is 26.7 Å². The van der Waals surface area contributed by atoms with Gasteiger partial charge < -0.3 is 5.11 Å². The van der Waals surface area contributed by atoms with E-state index in [1.165, 1.54) is 5.56 Å². The minimum Gasteiger partial charge on any atom is -0.508 e. The van der Waals surface area contributed by atoms with Gasteiger partial charge >= 0.3 is 0 Å². The predicted molar refractivity (Wildman–Crippen MR) is 113 cm³/mol. The Hall–Kier alpha value is -3.47. The summed E-state index contributed by atoms with van der Waals surface area (Å²) >= 11 is 0. The van der Waals surface area contributed by atoms with E-state index in [2.05, 4.69) is 48.2 Å². The van der Waals surface area contributed by atoms with E-state index in [1.54, 1.807) is 41.7 Å². The van der Waals surface area contributed by atoms with Crippen molar-refractivity contribution in [3.63, 3.8) is 0 Å². The number of aromatic nitrogens is 1. The molecular formula is C24H23N3O2. The molecule has 0 saturated carbocycles. The monoisotopic (exact) mass is 385 g/mol. The second kappa shape index (κ2) is 7.87. The zero-order chi connectivity index (χ0) is 20.4. The van der Waals surface area contributed by atoms with Crippen molar-refractivity contribution in [1.29, 1.82) is 0 Å². The molecule has 5 heteroatoms. The van der Waals surface area contributed by atoms with Crippen LogP contribution in [0.1, 0.15) is 59.3 Å². The minimum atomic E-state index is -0.187. The molecule has 0 aliphatic carbocycles. The summed E-state index contributed by atoms with van der Waals surface area (Å²) in [5.41, 5.74) is 4.53. The van der Waals surface area contributed by atoms with Crippen LogP contribution in [0.5, 0.6) is 5.75 Å². The van der Waals surface area contributed by atoms with Gasteiger partial charge in [-0.25, -0.2) is 5.01 Å². The smallest absolute Gasteiger partial charge is 0.276 e. The molecule has 2 aromatic carbocycles. The summed E-state index contributed by atoms with van der Waals surface area (Å²) in [5.74, 6) is 0.478. The Morgan fingerprint density at radius 1 is 1.07 bits per heavy atom. The van der Waals surface area contributed by atoms with Crippen LogP contribution in [0.25, 0.3) is 0 Å². The van der Waals surface area contributed by atoms with E-state index >= 15 is 0 Å². The van der Waals surface area contributed by atoms with Crippen molar-refractivity contribution >= 4 is 11.6 Å². The maximum Gasteiger partial charge on any atom is 0.276 e. The van der Waals surface area contributed by atoms with Crippen molar-refractivity contribution < 1.29 is 9.90 Å². The number of pyridine rings is 1. The second-order valence-corrected chi connectivity index (χ2v) is 7.53. The quantitative estimate of drug-likeness (QED) is 0.694. The molecule has 1 aromatic heterocycles. The van der Waals surface area contributed by atoms with Crippen molar-refractivity contribution in [1.82, 2.24) is 9.99 Å². The Labute approximate surface area is 170 Å². The number of hydrogen-bond donors (Lipinski definition) is 1. The number of amides is 1. The number of phenols is 1. The van der Waals surface area contributed by atoms with Crippen LogP contribution >= 0.6 is 0 Å². The molecular weight excluding hydrogens is 362 g/mol. The number of nitrogens with zero attached hydrogens (tertiary/aromatic N) is 3. The molecule has 29 heavy (non-hydrogen) atoms. The number of aromatic hydroxyl groups is 1. The lowest BCUT2D eigenvalue weighted by Crippen LogP contribution is -2.27. The van der Waals surface area contributed by atoms with Crippen LogP contribution in [-0.2, 0) is 0 Å². The number of carbonyl (C=O) groups excluding carboxylic acids is 1. The van der Waals surface area contributed by atoms with Gasteiger partial charge in [-0.15, -0.1) is 0 Å². The summed E-state index contributed by atoms with van der Waals surface area (Å²) < 4.78 is 0. The average Bonchev–Trinajstić information content (AvgIpc) is 3.20. The molecule has 5 nitrogen and oxygen atoms in total. The van der Waals surface area contributed by atoms with Crippen molar-refractivity contribution in [3.05, 3.63) is 95.3 Å². The Bertz CT molecular complexity index is 1030. The van der Waals surface area contributed by atoms with E-state index in [4.69, 9.17) is 0 Å². The number of rotatable bonds is 4. The molecule has 0 radical (unpaired) electrons. The first-order valence-electron chi connectivity index (χ1n) is 9.73. The zero-order valence-corrected chi connectivity index (χ0v) is 16.5. The van der Waals surface area contributed by atoms with Crippen molar-refractivity contribution in [2.24, 2.45) is 5.10 Å². The molecule has 146 valence electrons. The third-order valence-electron chi connectivity index (χ3n) is 5.22. The Kier molecular flexibility index (Phi) is 5.12. The van der Waals surface area contributed by atoms with Crippen LogP contribution < -0.4 is 0 Å². The molecule has 0 bridgehead atoms. The highest BCUT2D eigenvalue weighted by atomic mass is 16.3. The van der Waals surface area contributed by atoms with Gasteiger partial charge in [0, 0.05) is 18.8 Å².